The Morgan fingerprint density at radius 1 is 1.16 bits per heavy atom. The van der Waals surface area contributed by atoms with E-state index in [9.17, 15) is 0 Å². The Hall–Kier alpha value is -2.63. The molecular formula is C19H21ClN4O. The van der Waals surface area contributed by atoms with Gasteiger partial charge in [-0.15, -0.1) is 19.0 Å². The molecule has 0 saturated heterocycles. The highest BCUT2D eigenvalue weighted by atomic mass is 35.5. The highest BCUT2D eigenvalue weighted by Gasteiger charge is 2.08. The van der Waals surface area contributed by atoms with Crippen molar-refractivity contribution in [2.24, 2.45) is 0 Å². The van der Waals surface area contributed by atoms with Crippen molar-refractivity contribution in [1.82, 2.24) is 20.5 Å². The van der Waals surface area contributed by atoms with Gasteiger partial charge in [0, 0.05) is 24.2 Å². The van der Waals surface area contributed by atoms with Crippen LogP contribution in [-0.2, 0) is 6.54 Å². The number of benzene rings is 2. The lowest BCUT2D eigenvalue weighted by molar-refractivity contribution is 0.415. The van der Waals surface area contributed by atoms with Crippen LogP contribution in [0.5, 0.6) is 5.75 Å². The summed E-state index contributed by atoms with van der Waals surface area (Å²) >= 11 is 0. The van der Waals surface area contributed by atoms with Crippen LogP contribution in [0.4, 0.5) is 0 Å². The molecule has 1 heterocycles. The number of hydrogen-bond donors (Lipinski definition) is 2. The summed E-state index contributed by atoms with van der Waals surface area (Å²) in [7, 11) is 1.65. The summed E-state index contributed by atoms with van der Waals surface area (Å²) in [6, 6.07) is 15.9. The lowest BCUT2D eigenvalue weighted by Gasteiger charge is -2.03. The second-order valence-corrected chi connectivity index (χ2v) is 5.36. The summed E-state index contributed by atoms with van der Waals surface area (Å²) < 4.78 is 5.17. The molecular weight excluding hydrogens is 336 g/mol. The Kier molecular flexibility index (Phi) is 6.74. The van der Waals surface area contributed by atoms with Crippen molar-refractivity contribution >= 4 is 12.4 Å². The van der Waals surface area contributed by atoms with Gasteiger partial charge in [-0.3, -0.25) is 5.10 Å². The SMILES string of the molecule is C=CCNCc1cccc(-c2n[nH]c(-c3ccc(OC)cc3)n2)c1.Cl. The third kappa shape index (κ3) is 4.68. The van der Waals surface area contributed by atoms with Gasteiger partial charge in [0.1, 0.15) is 5.75 Å². The summed E-state index contributed by atoms with van der Waals surface area (Å²) in [6.45, 7) is 5.28. The van der Waals surface area contributed by atoms with Crippen LogP contribution in [0.2, 0.25) is 0 Å². The first-order valence-electron chi connectivity index (χ1n) is 7.78. The fraction of sp³-hybridized carbons (Fsp3) is 0.158. The number of nitrogens with one attached hydrogen (secondary N) is 2. The van der Waals surface area contributed by atoms with E-state index in [1.807, 2.05) is 42.5 Å². The summed E-state index contributed by atoms with van der Waals surface area (Å²) in [6.07, 6.45) is 1.85. The van der Waals surface area contributed by atoms with E-state index in [2.05, 4.69) is 39.2 Å². The maximum absolute atomic E-state index is 5.17. The number of H-pyrrole nitrogens is 1. The average molecular weight is 357 g/mol. The van der Waals surface area contributed by atoms with Gasteiger partial charge in [0.2, 0.25) is 0 Å². The Bertz CT molecular complexity index is 814. The van der Waals surface area contributed by atoms with Crippen LogP contribution in [0, 0.1) is 0 Å². The molecule has 0 radical (unpaired) electrons. The van der Waals surface area contributed by atoms with Crippen molar-refractivity contribution in [1.29, 1.82) is 0 Å². The second-order valence-electron chi connectivity index (χ2n) is 5.36. The normalized spacial score (nSPS) is 10.1. The quantitative estimate of drug-likeness (QED) is 0.498. The Morgan fingerprint density at radius 3 is 2.68 bits per heavy atom. The van der Waals surface area contributed by atoms with E-state index in [4.69, 9.17) is 4.74 Å². The van der Waals surface area contributed by atoms with Crippen LogP contribution in [0.25, 0.3) is 22.8 Å². The molecule has 0 fully saturated rings. The van der Waals surface area contributed by atoms with Crippen LogP contribution in [0.1, 0.15) is 5.56 Å². The Morgan fingerprint density at radius 2 is 1.96 bits per heavy atom. The van der Waals surface area contributed by atoms with Gasteiger partial charge in [-0.2, -0.15) is 5.10 Å². The molecule has 0 bridgehead atoms. The molecule has 25 heavy (non-hydrogen) atoms. The summed E-state index contributed by atoms with van der Waals surface area (Å²) in [5.74, 6) is 2.24. The lowest BCUT2D eigenvalue weighted by atomic mass is 10.1. The zero-order chi connectivity index (χ0) is 16.8. The van der Waals surface area contributed by atoms with Crippen molar-refractivity contribution < 1.29 is 4.74 Å². The lowest BCUT2D eigenvalue weighted by Crippen LogP contribution is -2.12. The molecule has 3 aromatic rings. The number of ether oxygens (including phenoxy) is 1. The highest BCUT2D eigenvalue weighted by molar-refractivity contribution is 5.85. The van der Waals surface area contributed by atoms with Crippen molar-refractivity contribution in [3.8, 4) is 28.5 Å². The molecule has 0 aliphatic carbocycles. The van der Waals surface area contributed by atoms with E-state index in [0.717, 1.165) is 35.8 Å². The van der Waals surface area contributed by atoms with Gasteiger partial charge in [-0.1, -0.05) is 24.3 Å². The van der Waals surface area contributed by atoms with Crippen molar-refractivity contribution in [2.75, 3.05) is 13.7 Å². The minimum Gasteiger partial charge on any atom is -0.497 e. The topological polar surface area (TPSA) is 62.8 Å². The maximum atomic E-state index is 5.17. The smallest absolute Gasteiger partial charge is 0.181 e. The van der Waals surface area contributed by atoms with Gasteiger partial charge in [-0.05, 0) is 35.9 Å². The number of halogens is 1. The molecule has 0 unspecified atom stereocenters. The number of methoxy groups -OCH3 is 1. The average Bonchev–Trinajstić information content (AvgIpc) is 3.12. The van der Waals surface area contributed by atoms with E-state index < -0.39 is 0 Å². The summed E-state index contributed by atoms with van der Waals surface area (Å²) in [5, 5.41) is 10.6. The first-order valence-corrected chi connectivity index (χ1v) is 7.78. The van der Waals surface area contributed by atoms with Gasteiger partial charge in [0.05, 0.1) is 7.11 Å². The molecule has 0 atom stereocenters. The van der Waals surface area contributed by atoms with Gasteiger partial charge < -0.3 is 10.1 Å². The molecule has 5 nitrogen and oxygen atoms in total. The standard InChI is InChI=1S/C19H20N4O.ClH/c1-3-11-20-13-14-5-4-6-16(12-14)19-21-18(22-23-19)15-7-9-17(24-2)10-8-15;/h3-10,12,20H,1,11,13H2,2H3,(H,21,22,23);1H. The predicted molar refractivity (Wildman–Crippen MR) is 103 cm³/mol. The number of hydrogen-bond acceptors (Lipinski definition) is 4. The van der Waals surface area contributed by atoms with Gasteiger partial charge in [0.15, 0.2) is 11.6 Å². The minimum atomic E-state index is 0. The third-order valence-electron chi connectivity index (χ3n) is 3.65. The van der Waals surface area contributed by atoms with Crippen LogP contribution in [-0.4, -0.2) is 28.8 Å². The van der Waals surface area contributed by atoms with Crippen LogP contribution in [0.15, 0.2) is 61.2 Å². The van der Waals surface area contributed by atoms with E-state index in [0.29, 0.717) is 5.82 Å². The zero-order valence-electron chi connectivity index (χ0n) is 14.0. The van der Waals surface area contributed by atoms with E-state index in [1.165, 1.54) is 5.56 Å². The van der Waals surface area contributed by atoms with E-state index in [-0.39, 0.29) is 12.4 Å². The fourth-order valence-corrected chi connectivity index (χ4v) is 2.41. The number of rotatable bonds is 7. The largest absolute Gasteiger partial charge is 0.497 e. The number of aromatic nitrogens is 3. The molecule has 0 amide bonds. The molecule has 1 aromatic heterocycles. The Balaban J connectivity index is 0.00000225. The first-order chi connectivity index (χ1) is 11.8. The molecule has 0 saturated carbocycles. The van der Waals surface area contributed by atoms with E-state index in [1.54, 1.807) is 7.11 Å². The molecule has 130 valence electrons. The van der Waals surface area contributed by atoms with Crippen LogP contribution < -0.4 is 10.1 Å². The van der Waals surface area contributed by atoms with Gasteiger partial charge in [0.25, 0.3) is 0 Å². The molecule has 2 N–H and O–H groups in total. The third-order valence-corrected chi connectivity index (χ3v) is 3.65. The second kappa shape index (κ2) is 9.01. The fourth-order valence-electron chi connectivity index (χ4n) is 2.41. The van der Waals surface area contributed by atoms with Crippen LogP contribution >= 0.6 is 12.4 Å². The molecule has 6 heteroatoms. The maximum Gasteiger partial charge on any atom is 0.181 e. The van der Waals surface area contributed by atoms with Crippen molar-refractivity contribution in [3.63, 3.8) is 0 Å². The monoisotopic (exact) mass is 356 g/mol. The predicted octanol–water partition coefficient (Wildman–Crippen LogP) is 3.84. The molecule has 0 aliphatic heterocycles. The number of aromatic amines is 1. The van der Waals surface area contributed by atoms with Gasteiger partial charge >= 0.3 is 0 Å². The molecule has 0 spiro atoms. The Labute approximate surface area is 153 Å². The number of nitrogens with zero attached hydrogens (tertiary/aromatic N) is 2. The zero-order valence-corrected chi connectivity index (χ0v) is 14.8. The molecule has 3 rings (SSSR count). The highest BCUT2D eigenvalue weighted by Crippen LogP contribution is 2.22. The molecule has 2 aromatic carbocycles. The van der Waals surface area contributed by atoms with E-state index >= 15 is 0 Å². The first kappa shape index (κ1) is 18.7. The summed E-state index contributed by atoms with van der Waals surface area (Å²) in [5.41, 5.74) is 3.15. The molecule has 0 aliphatic rings. The summed E-state index contributed by atoms with van der Waals surface area (Å²) in [4.78, 5) is 4.60. The van der Waals surface area contributed by atoms with Crippen molar-refractivity contribution in [2.45, 2.75) is 6.54 Å². The van der Waals surface area contributed by atoms with Gasteiger partial charge in [-0.25, -0.2) is 4.98 Å². The minimum absolute atomic E-state index is 0. The van der Waals surface area contributed by atoms with Crippen LogP contribution in [0.3, 0.4) is 0 Å². The van der Waals surface area contributed by atoms with Crippen molar-refractivity contribution in [3.05, 3.63) is 66.7 Å².